The van der Waals surface area contributed by atoms with Crippen LogP contribution in [0.3, 0.4) is 0 Å². The van der Waals surface area contributed by atoms with Gasteiger partial charge in [0.1, 0.15) is 10.8 Å². The van der Waals surface area contributed by atoms with E-state index < -0.39 is 0 Å². The minimum absolute atomic E-state index is 0.000781. The highest BCUT2D eigenvalue weighted by molar-refractivity contribution is 6.32. The monoisotopic (exact) mass is 459 g/mol. The summed E-state index contributed by atoms with van der Waals surface area (Å²) < 4.78 is 14.8. The number of carbonyl (C=O) groups is 1. The van der Waals surface area contributed by atoms with Gasteiger partial charge < -0.3 is 25.3 Å². The number of anilines is 4. The number of aromatic nitrogens is 2. The zero-order valence-electron chi connectivity index (χ0n) is 18.0. The van der Waals surface area contributed by atoms with Crippen LogP contribution in [0.5, 0.6) is 0 Å². The quantitative estimate of drug-likeness (QED) is 0.643. The number of nitrogens with zero attached hydrogens (tertiary/aromatic N) is 5. The molecular formula is C22H27ClFN7O. The number of amides is 1. The zero-order chi connectivity index (χ0) is 22.7. The summed E-state index contributed by atoms with van der Waals surface area (Å²) in [6.07, 6.45) is 3.56. The van der Waals surface area contributed by atoms with Crippen molar-refractivity contribution in [2.45, 2.75) is 12.5 Å². The van der Waals surface area contributed by atoms with Crippen LogP contribution in [0.2, 0.25) is 5.02 Å². The SMILES string of the molecule is C=CC(=O)N[C@@H]1CCN(c2nc(Nc3ccc(N4CCN(C)CC4)c(F)c3)ncc2Cl)C1. The molecule has 2 aliphatic heterocycles. The predicted molar refractivity (Wildman–Crippen MR) is 125 cm³/mol. The second-order valence-corrected chi connectivity index (χ2v) is 8.50. The third kappa shape index (κ3) is 5.11. The molecule has 10 heteroatoms. The summed E-state index contributed by atoms with van der Waals surface area (Å²) in [5.74, 6) is 0.424. The van der Waals surface area contributed by atoms with Crippen LogP contribution in [0.4, 0.5) is 27.5 Å². The first-order valence-corrected chi connectivity index (χ1v) is 11.0. The third-order valence-electron chi connectivity index (χ3n) is 5.79. The molecule has 2 N–H and O–H groups in total. The Hall–Kier alpha value is -2.91. The molecule has 0 unspecified atom stereocenters. The van der Waals surface area contributed by atoms with E-state index in [1.54, 1.807) is 6.07 Å². The molecule has 1 aromatic heterocycles. The maximum atomic E-state index is 14.8. The van der Waals surface area contributed by atoms with Crippen LogP contribution < -0.4 is 20.4 Å². The van der Waals surface area contributed by atoms with Gasteiger partial charge in [-0.2, -0.15) is 4.98 Å². The third-order valence-corrected chi connectivity index (χ3v) is 6.06. The van der Waals surface area contributed by atoms with Gasteiger partial charge in [-0.25, -0.2) is 9.37 Å². The fourth-order valence-electron chi connectivity index (χ4n) is 3.99. The van der Waals surface area contributed by atoms with Gasteiger partial charge >= 0.3 is 0 Å². The first-order chi connectivity index (χ1) is 15.4. The van der Waals surface area contributed by atoms with Gasteiger partial charge in [0, 0.05) is 51.0 Å². The number of rotatable bonds is 6. The van der Waals surface area contributed by atoms with E-state index in [4.69, 9.17) is 11.6 Å². The Morgan fingerprint density at radius 1 is 1.25 bits per heavy atom. The number of benzene rings is 1. The summed E-state index contributed by atoms with van der Waals surface area (Å²) in [6.45, 7) is 8.19. The standard InChI is InChI=1S/C22H27ClFN7O/c1-3-20(32)26-16-6-7-31(14-16)21-17(23)13-25-22(28-21)27-15-4-5-19(18(24)12-15)30-10-8-29(2)9-11-30/h3-5,12-13,16H,1,6-11,14H2,2H3,(H,26,32)(H,25,27,28)/t16-/m1/s1. The molecule has 3 heterocycles. The van der Waals surface area contributed by atoms with E-state index in [1.807, 2.05) is 11.0 Å². The van der Waals surface area contributed by atoms with E-state index in [-0.39, 0.29) is 17.8 Å². The van der Waals surface area contributed by atoms with Gasteiger partial charge in [0.25, 0.3) is 0 Å². The van der Waals surface area contributed by atoms with E-state index in [2.05, 4.69) is 44.0 Å². The molecule has 32 heavy (non-hydrogen) atoms. The largest absolute Gasteiger partial charge is 0.367 e. The highest BCUT2D eigenvalue weighted by Gasteiger charge is 2.26. The molecule has 2 fully saturated rings. The fourth-order valence-corrected chi connectivity index (χ4v) is 4.20. The number of hydrogen-bond donors (Lipinski definition) is 2. The second-order valence-electron chi connectivity index (χ2n) is 8.09. The molecule has 1 atom stereocenters. The van der Waals surface area contributed by atoms with Crippen LogP contribution in [0.1, 0.15) is 6.42 Å². The van der Waals surface area contributed by atoms with Gasteiger partial charge in [0.2, 0.25) is 11.9 Å². The average molecular weight is 460 g/mol. The van der Waals surface area contributed by atoms with Crippen LogP contribution in [0.15, 0.2) is 37.1 Å². The fraction of sp³-hybridized carbons (Fsp3) is 0.409. The second kappa shape index (κ2) is 9.70. The Labute approximate surface area is 192 Å². The van der Waals surface area contributed by atoms with E-state index >= 15 is 0 Å². The van der Waals surface area contributed by atoms with Crippen molar-refractivity contribution in [3.8, 4) is 0 Å². The predicted octanol–water partition coefficient (Wildman–Crippen LogP) is 2.65. The van der Waals surface area contributed by atoms with Gasteiger partial charge in [0.05, 0.1) is 11.9 Å². The van der Waals surface area contributed by atoms with Crippen molar-refractivity contribution in [3.63, 3.8) is 0 Å². The summed E-state index contributed by atoms with van der Waals surface area (Å²) in [5.41, 5.74) is 1.16. The lowest BCUT2D eigenvalue weighted by Gasteiger charge is -2.34. The zero-order valence-corrected chi connectivity index (χ0v) is 18.8. The molecule has 0 bridgehead atoms. The van der Waals surface area contributed by atoms with Gasteiger partial charge in [-0.3, -0.25) is 4.79 Å². The molecule has 170 valence electrons. The molecule has 1 amide bonds. The van der Waals surface area contributed by atoms with Crippen molar-refractivity contribution in [2.24, 2.45) is 0 Å². The van der Waals surface area contributed by atoms with Crippen LogP contribution in [-0.4, -0.2) is 73.1 Å². The average Bonchev–Trinajstić information content (AvgIpc) is 3.24. The minimum Gasteiger partial charge on any atom is -0.367 e. The first kappa shape index (κ1) is 22.3. The van der Waals surface area contributed by atoms with Crippen molar-refractivity contribution in [3.05, 3.63) is 47.9 Å². The summed E-state index contributed by atoms with van der Waals surface area (Å²) in [7, 11) is 2.07. The number of nitrogens with one attached hydrogen (secondary N) is 2. The molecule has 0 saturated carbocycles. The highest BCUT2D eigenvalue weighted by atomic mass is 35.5. The number of carbonyl (C=O) groups excluding carboxylic acids is 1. The first-order valence-electron chi connectivity index (χ1n) is 10.6. The van der Waals surface area contributed by atoms with Crippen LogP contribution in [0, 0.1) is 5.82 Å². The molecule has 2 aromatic rings. The maximum absolute atomic E-state index is 14.8. The van der Waals surface area contributed by atoms with Gasteiger partial charge in [0.15, 0.2) is 5.82 Å². The summed E-state index contributed by atoms with van der Waals surface area (Å²) >= 11 is 6.34. The number of piperazine rings is 1. The van der Waals surface area contributed by atoms with Gasteiger partial charge in [-0.05, 0) is 37.7 Å². The van der Waals surface area contributed by atoms with E-state index in [1.165, 1.54) is 18.3 Å². The highest BCUT2D eigenvalue weighted by Crippen LogP contribution is 2.29. The van der Waals surface area contributed by atoms with Crippen molar-refractivity contribution in [2.75, 3.05) is 61.4 Å². The topological polar surface area (TPSA) is 76.6 Å². The molecule has 2 aliphatic rings. The maximum Gasteiger partial charge on any atom is 0.243 e. The molecule has 8 nitrogen and oxygen atoms in total. The van der Waals surface area contributed by atoms with E-state index in [0.717, 1.165) is 32.6 Å². The summed E-state index contributed by atoms with van der Waals surface area (Å²) in [5, 5.41) is 6.38. The summed E-state index contributed by atoms with van der Waals surface area (Å²) in [4.78, 5) is 26.6. The van der Waals surface area contributed by atoms with E-state index in [0.29, 0.717) is 41.3 Å². The van der Waals surface area contributed by atoms with Crippen LogP contribution in [0.25, 0.3) is 0 Å². The molecule has 1 aromatic carbocycles. The van der Waals surface area contributed by atoms with Crippen molar-refractivity contribution < 1.29 is 9.18 Å². The molecule has 2 saturated heterocycles. The lowest BCUT2D eigenvalue weighted by molar-refractivity contribution is -0.117. The number of halogens is 2. The Bertz CT molecular complexity index is 996. The Morgan fingerprint density at radius 2 is 2.03 bits per heavy atom. The lowest BCUT2D eigenvalue weighted by Crippen LogP contribution is -2.44. The van der Waals surface area contributed by atoms with Gasteiger partial charge in [-0.15, -0.1) is 0 Å². The van der Waals surface area contributed by atoms with Crippen LogP contribution in [-0.2, 0) is 4.79 Å². The Balaban J connectivity index is 1.44. The minimum atomic E-state index is -0.283. The molecule has 0 aliphatic carbocycles. The molecular weight excluding hydrogens is 433 g/mol. The smallest absolute Gasteiger partial charge is 0.243 e. The number of hydrogen-bond acceptors (Lipinski definition) is 7. The Kier molecular flexibility index (Phi) is 6.76. The molecule has 0 spiro atoms. The van der Waals surface area contributed by atoms with Crippen molar-refractivity contribution in [1.82, 2.24) is 20.2 Å². The van der Waals surface area contributed by atoms with E-state index in [9.17, 15) is 9.18 Å². The summed E-state index contributed by atoms with van der Waals surface area (Å²) in [6, 6.07) is 5.07. The van der Waals surface area contributed by atoms with Crippen molar-refractivity contribution >= 4 is 40.6 Å². The Morgan fingerprint density at radius 3 is 2.75 bits per heavy atom. The van der Waals surface area contributed by atoms with Crippen molar-refractivity contribution in [1.29, 1.82) is 0 Å². The molecule has 0 radical (unpaired) electrons. The lowest BCUT2D eigenvalue weighted by atomic mass is 10.2. The normalized spacial score (nSPS) is 19.2. The molecule has 4 rings (SSSR count). The van der Waals surface area contributed by atoms with Crippen LogP contribution >= 0.6 is 11.6 Å². The number of likely N-dealkylation sites (N-methyl/N-ethyl adjacent to an activating group) is 1. The van der Waals surface area contributed by atoms with Gasteiger partial charge in [-0.1, -0.05) is 18.2 Å².